The second-order valence-corrected chi connectivity index (χ2v) is 18.8. The van der Waals surface area contributed by atoms with Crippen LogP contribution >= 0.6 is 0 Å². The van der Waals surface area contributed by atoms with Crippen LogP contribution < -0.4 is 0 Å². The molecule has 18 heavy (non-hydrogen) atoms. The minimum atomic E-state index is -0.869. The van der Waals surface area contributed by atoms with Crippen LogP contribution in [0.3, 0.4) is 0 Å². The molecule has 0 heterocycles. The number of rotatable bonds is 11. The van der Waals surface area contributed by atoms with E-state index in [0.29, 0.717) is 0 Å². The van der Waals surface area contributed by atoms with Crippen LogP contribution in [0.5, 0.6) is 0 Å². The summed E-state index contributed by atoms with van der Waals surface area (Å²) < 4.78 is 11.2. The molecule has 0 radical (unpaired) electrons. The first-order valence-corrected chi connectivity index (χ1v) is 14.8. The molecule has 4 heteroatoms. The van der Waals surface area contributed by atoms with E-state index in [2.05, 4.69) is 39.3 Å². The van der Waals surface area contributed by atoms with Gasteiger partial charge in [0.25, 0.3) is 0 Å². The third-order valence-corrected chi connectivity index (χ3v) is 6.51. The largest absolute Gasteiger partial charge is 0.379 e. The molecular weight excluding hydrogens is 256 g/mol. The second kappa shape index (κ2) is 9.29. The summed E-state index contributed by atoms with van der Waals surface area (Å²) in [5.41, 5.74) is 0. The summed E-state index contributed by atoms with van der Waals surface area (Å²) in [7, 11) is -1.74. The summed E-state index contributed by atoms with van der Waals surface area (Å²) in [4.78, 5) is 0. The van der Waals surface area contributed by atoms with Crippen LogP contribution in [0, 0.1) is 0 Å². The SMILES string of the molecule is C[Si](C)(C)CCCOCCOCCC[Si](C)(C)C. The number of ether oxygens (including phenoxy) is 2. The van der Waals surface area contributed by atoms with Crippen molar-refractivity contribution in [1.29, 1.82) is 0 Å². The lowest BCUT2D eigenvalue weighted by Gasteiger charge is -2.16. The van der Waals surface area contributed by atoms with Gasteiger partial charge in [0.1, 0.15) is 0 Å². The molecule has 2 nitrogen and oxygen atoms in total. The Morgan fingerprint density at radius 2 is 0.889 bits per heavy atom. The van der Waals surface area contributed by atoms with Crippen LogP contribution in [0.4, 0.5) is 0 Å². The predicted octanol–water partition coefficient (Wildman–Crippen LogP) is 4.48. The average molecular weight is 291 g/mol. The fourth-order valence-electron chi connectivity index (χ4n) is 1.73. The Kier molecular flexibility index (Phi) is 9.47. The van der Waals surface area contributed by atoms with E-state index >= 15 is 0 Å². The van der Waals surface area contributed by atoms with E-state index in [1.807, 2.05) is 0 Å². The van der Waals surface area contributed by atoms with Crippen LogP contribution in [0.25, 0.3) is 0 Å². The molecule has 0 unspecified atom stereocenters. The van der Waals surface area contributed by atoms with Gasteiger partial charge in [-0.2, -0.15) is 0 Å². The minimum absolute atomic E-state index is 0.763. The number of hydrogen-bond acceptors (Lipinski definition) is 2. The van der Waals surface area contributed by atoms with Crippen molar-refractivity contribution in [2.24, 2.45) is 0 Å². The summed E-state index contributed by atoms with van der Waals surface area (Å²) in [6.07, 6.45) is 2.43. The molecule has 0 aromatic rings. The smallest absolute Gasteiger partial charge is 0.0700 e. The van der Waals surface area contributed by atoms with Crippen molar-refractivity contribution in [2.45, 2.75) is 64.2 Å². The average Bonchev–Trinajstić information content (AvgIpc) is 2.17. The van der Waals surface area contributed by atoms with Crippen molar-refractivity contribution >= 4 is 16.1 Å². The first kappa shape index (κ1) is 18.4. The molecule has 0 N–H and O–H groups in total. The van der Waals surface area contributed by atoms with Crippen LogP contribution in [-0.4, -0.2) is 42.6 Å². The third-order valence-electron chi connectivity index (χ3n) is 2.80. The normalized spacial score (nSPS) is 13.0. The molecule has 0 aliphatic carbocycles. The van der Waals surface area contributed by atoms with E-state index in [9.17, 15) is 0 Å². The van der Waals surface area contributed by atoms with E-state index in [1.165, 1.54) is 24.9 Å². The molecule has 0 amide bonds. The van der Waals surface area contributed by atoms with E-state index in [1.54, 1.807) is 0 Å². The highest BCUT2D eigenvalue weighted by molar-refractivity contribution is 6.76. The van der Waals surface area contributed by atoms with Gasteiger partial charge < -0.3 is 9.47 Å². The zero-order chi connectivity index (χ0) is 14.1. The van der Waals surface area contributed by atoms with Gasteiger partial charge in [0, 0.05) is 29.4 Å². The Morgan fingerprint density at radius 3 is 1.17 bits per heavy atom. The minimum Gasteiger partial charge on any atom is -0.379 e. The molecule has 0 atom stereocenters. The highest BCUT2D eigenvalue weighted by atomic mass is 28.3. The Hall–Kier alpha value is 0.354. The van der Waals surface area contributed by atoms with Gasteiger partial charge in [-0.3, -0.25) is 0 Å². The van der Waals surface area contributed by atoms with Crippen LogP contribution in [0.1, 0.15) is 12.8 Å². The molecule has 0 aromatic heterocycles. The summed E-state index contributed by atoms with van der Waals surface area (Å²) in [5.74, 6) is 0. The van der Waals surface area contributed by atoms with Crippen molar-refractivity contribution in [3.63, 3.8) is 0 Å². The van der Waals surface area contributed by atoms with Crippen molar-refractivity contribution < 1.29 is 9.47 Å². The monoisotopic (exact) mass is 290 g/mol. The van der Waals surface area contributed by atoms with Crippen molar-refractivity contribution in [2.75, 3.05) is 26.4 Å². The Bertz CT molecular complexity index is 173. The summed E-state index contributed by atoms with van der Waals surface area (Å²) in [6.45, 7) is 17.8. The molecule has 0 aliphatic heterocycles. The lowest BCUT2D eigenvalue weighted by molar-refractivity contribution is 0.0481. The molecule has 0 saturated carbocycles. The fourth-order valence-corrected chi connectivity index (χ4v) is 4.14. The van der Waals surface area contributed by atoms with Crippen LogP contribution in [-0.2, 0) is 9.47 Å². The topological polar surface area (TPSA) is 18.5 Å². The molecule has 110 valence electrons. The van der Waals surface area contributed by atoms with Gasteiger partial charge in [-0.05, 0) is 12.8 Å². The van der Waals surface area contributed by atoms with E-state index in [0.717, 1.165) is 26.4 Å². The Balaban J connectivity index is 3.13. The Labute approximate surface area is 116 Å². The van der Waals surface area contributed by atoms with Crippen LogP contribution in [0.2, 0.25) is 51.4 Å². The molecule has 0 aliphatic rings. The predicted molar refractivity (Wildman–Crippen MR) is 87.2 cm³/mol. The standard InChI is InChI=1S/C14H34O2Si2/c1-17(2,3)13-7-9-15-11-12-16-10-8-14-18(4,5)6/h7-14H2,1-6H3. The highest BCUT2D eigenvalue weighted by Crippen LogP contribution is 2.11. The van der Waals surface area contributed by atoms with E-state index < -0.39 is 16.1 Å². The zero-order valence-corrected chi connectivity index (χ0v) is 15.5. The first-order chi connectivity index (χ1) is 8.21. The van der Waals surface area contributed by atoms with Gasteiger partial charge in [0.05, 0.1) is 13.2 Å². The molecule has 0 rings (SSSR count). The third kappa shape index (κ3) is 16.4. The van der Waals surface area contributed by atoms with Gasteiger partial charge in [-0.1, -0.05) is 51.4 Å². The van der Waals surface area contributed by atoms with Crippen LogP contribution in [0.15, 0.2) is 0 Å². The summed E-state index contributed by atoms with van der Waals surface area (Å²) in [6, 6.07) is 2.73. The van der Waals surface area contributed by atoms with Gasteiger partial charge >= 0.3 is 0 Å². The molecular formula is C14H34O2Si2. The molecule has 0 fully saturated rings. The van der Waals surface area contributed by atoms with Gasteiger partial charge in [-0.25, -0.2) is 0 Å². The van der Waals surface area contributed by atoms with Crippen molar-refractivity contribution in [3.05, 3.63) is 0 Å². The fraction of sp³-hybridized carbons (Fsp3) is 1.00. The maximum atomic E-state index is 5.58. The van der Waals surface area contributed by atoms with Gasteiger partial charge in [0.2, 0.25) is 0 Å². The van der Waals surface area contributed by atoms with Gasteiger partial charge in [0.15, 0.2) is 0 Å². The summed E-state index contributed by atoms with van der Waals surface area (Å²) in [5, 5.41) is 0. The molecule has 0 saturated heterocycles. The quantitative estimate of drug-likeness (QED) is 0.413. The second-order valence-electron chi connectivity index (χ2n) is 7.55. The van der Waals surface area contributed by atoms with E-state index in [4.69, 9.17) is 9.47 Å². The lowest BCUT2D eigenvalue weighted by atomic mass is 10.5. The highest BCUT2D eigenvalue weighted by Gasteiger charge is 2.12. The molecule has 0 aromatic carbocycles. The van der Waals surface area contributed by atoms with Gasteiger partial charge in [-0.15, -0.1) is 0 Å². The number of hydrogen-bond donors (Lipinski definition) is 0. The maximum absolute atomic E-state index is 5.58. The Morgan fingerprint density at radius 1 is 0.556 bits per heavy atom. The van der Waals surface area contributed by atoms with E-state index in [-0.39, 0.29) is 0 Å². The zero-order valence-electron chi connectivity index (χ0n) is 13.5. The van der Waals surface area contributed by atoms with Crippen molar-refractivity contribution in [3.8, 4) is 0 Å². The molecule has 0 spiro atoms. The first-order valence-electron chi connectivity index (χ1n) is 7.36. The maximum Gasteiger partial charge on any atom is 0.0700 e. The lowest BCUT2D eigenvalue weighted by Crippen LogP contribution is -2.20. The summed E-state index contributed by atoms with van der Waals surface area (Å²) >= 11 is 0. The molecule has 0 bridgehead atoms. The van der Waals surface area contributed by atoms with Crippen molar-refractivity contribution in [1.82, 2.24) is 0 Å².